The fraction of sp³-hybridized carbons (Fsp3) is 0.280. The first-order chi connectivity index (χ1) is 15.9. The number of pyridine rings is 2. The summed E-state index contributed by atoms with van der Waals surface area (Å²) in [6, 6.07) is 12.6. The van der Waals surface area contributed by atoms with Crippen molar-refractivity contribution in [1.29, 1.82) is 5.41 Å². The molecule has 0 atom stereocenters. The van der Waals surface area contributed by atoms with Gasteiger partial charge in [0.2, 0.25) is 0 Å². The first-order valence-corrected chi connectivity index (χ1v) is 11.0. The maximum Gasteiger partial charge on any atom is 0.267 e. The first-order valence-electron chi connectivity index (χ1n) is 11.0. The molecule has 8 nitrogen and oxygen atoms in total. The van der Waals surface area contributed by atoms with E-state index in [2.05, 4.69) is 5.32 Å². The molecular formula is C25H27N5O3. The molecule has 2 N–H and O–H groups in total. The van der Waals surface area contributed by atoms with Crippen molar-refractivity contribution in [3.63, 3.8) is 0 Å². The molecular weight excluding hydrogens is 418 g/mol. The summed E-state index contributed by atoms with van der Waals surface area (Å²) < 4.78 is 8.34. The quantitative estimate of drug-likeness (QED) is 0.337. The number of rotatable bonds is 7. The summed E-state index contributed by atoms with van der Waals surface area (Å²) in [5.74, 6) is 0.356. The normalized spacial score (nSPS) is 11.1. The highest BCUT2D eigenvalue weighted by atomic mass is 16.5. The van der Waals surface area contributed by atoms with E-state index in [1.807, 2.05) is 44.2 Å². The predicted octanol–water partition coefficient (Wildman–Crippen LogP) is 3.02. The van der Waals surface area contributed by atoms with Crippen LogP contribution in [-0.2, 0) is 6.54 Å². The van der Waals surface area contributed by atoms with Gasteiger partial charge in [0.05, 0.1) is 24.6 Å². The number of carbonyl (C=O) groups is 1. The average molecular weight is 446 g/mol. The molecule has 0 bridgehead atoms. The Morgan fingerprint density at radius 1 is 1.18 bits per heavy atom. The number of nitrogens with one attached hydrogen (secondary N) is 2. The van der Waals surface area contributed by atoms with Gasteiger partial charge < -0.3 is 14.6 Å². The van der Waals surface area contributed by atoms with Gasteiger partial charge in [0.25, 0.3) is 11.5 Å². The summed E-state index contributed by atoms with van der Waals surface area (Å²) in [7, 11) is 1.60. The zero-order valence-corrected chi connectivity index (χ0v) is 19.0. The van der Waals surface area contributed by atoms with Gasteiger partial charge in [-0.3, -0.25) is 19.4 Å². The summed E-state index contributed by atoms with van der Waals surface area (Å²) >= 11 is 0. The number of ether oxygens (including phenoxy) is 1. The zero-order valence-electron chi connectivity index (χ0n) is 19.0. The molecule has 3 aromatic heterocycles. The molecule has 0 aliphatic rings. The molecule has 4 aromatic rings. The summed E-state index contributed by atoms with van der Waals surface area (Å²) in [4.78, 5) is 31.0. The topological polar surface area (TPSA) is 101 Å². The molecule has 8 heteroatoms. The lowest BCUT2D eigenvalue weighted by molar-refractivity contribution is 0.0950. The highest BCUT2D eigenvalue weighted by Gasteiger charge is 2.18. The molecule has 0 fully saturated rings. The lowest BCUT2D eigenvalue weighted by atomic mass is 10.1. The molecule has 0 aliphatic heterocycles. The van der Waals surface area contributed by atoms with Gasteiger partial charge in [0.15, 0.2) is 0 Å². The number of benzene rings is 1. The average Bonchev–Trinajstić information content (AvgIpc) is 2.82. The van der Waals surface area contributed by atoms with Crippen LogP contribution in [0, 0.1) is 12.3 Å². The molecule has 0 spiro atoms. The van der Waals surface area contributed by atoms with Gasteiger partial charge >= 0.3 is 0 Å². The Hall–Kier alpha value is -3.94. The van der Waals surface area contributed by atoms with Crippen LogP contribution in [-0.4, -0.2) is 33.5 Å². The lowest BCUT2D eigenvalue weighted by Crippen LogP contribution is -2.35. The standard InChI is InChI=1S/C25H27N5O3/c1-4-5-12-27-24(31)19-14-20-23(28-22-16(2)7-6-13-29(22)25(20)32)30(21(19)26)15-17-8-10-18(33-3)11-9-17/h6-11,13-14,26H,4-5,12,15H2,1-3H3,(H,27,31). The molecule has 0 radical (unpaired) electrons. The summed E-state index contributed by atoms with van der Waals surface area (Å²) in [5, 5.41) is 12.0. The Bertz CT molecular complexity index is 1450. The van der Waals surface area contributed by atoms with E-state index in [4.69, 9.17) is 15.1 Å². The summed E-state index contributed by atoms with van der Waals surface area (Å²) in [6.45, 7) is 4.72. The minimum atomic E-state index is -0.368. The van der Waals surface area contributed by atoms with Crippen molar-refractivity contribution < 1.29 is 9.53 Å². The molecule has 1 amide bonds. The Kier molecular flexibility index (Phi) is 6.26. The Labute approximate surface area is 191 Å². The molecule has 0 saturated heterocycles. The third kappa shape index (κ3) is 4.24. The van der Waals surface area contributed by atoms with E-state index >= 15 is 0 Å². The number of aromatic nitrogens is 3. The number of hydrogen-bond donors (Lipinski definition) is 2. The molecule has 0 saturated carbocycles. The van der Waals surface area contributed by atoms with Crippen molar-refractivity contribution in [2.75, 3.05) is 13.7 Å². The Morgan fingerprint density at radius 2 is 1.94 bits per heavy atom. The molecule has 1 aromatic carbocycles. The van der Waals surface area contributed by atoms with Gasteiger partial charge in [-0.05, 0) is 48.7 Å². The second-order valence-electron chi connectivity index (χ2n) is 7.99. The largest absolute Gasteiger partial charge is 0.497 e. The highest BCUT2D eigenvalue weighted by molar-refractivity contribution is 5.96. The van der Waals surface area contributed by atoms with Gasteiger partial charge in [-0.1, -0.05) is 31.5 Å². The van der Waals surface area contributed by atoms with Crippen LogP contribution in [0.15, 0.2) is 53.5 Å². The van der Waals surface area contributed by atoms with Gasteiger partial charge in [0, 0.05) is 12.7 Å². The van der Waals surface area contributed by atoms with E-state index in [-0.39, 0.29) is 29.1 Å². The molecule has 0 aliphatic carbocycles. The van der Waals surface area contributed by atoms with Crippen LogP contribution in [0.3, 0.4) is 0 Å². The van der Waals surface area contributed by atoms with Crippen molar-refractivity contribution in [3.8, 4) is 5.75 Å². The number of methoxy groups -OCH3 is 1. The minimum absolute atomic E-state index is 0.0113. The number of unbranched alkanes of at least 4 members (excludes halogenated alkanes) is 1. The van der Waals surface area contributed by atoms with Gasteiger partial charge in [-0.15, -0.1) is 0 Å². The van der Waals surface area contributed by atoms with Gasteiger partial charge in [-0.25, -0.2) is 4.98 Å². The van der Waals surface area contributed by atoms with E-state index < -0.39 is 0 Å². The van der Waals surface area contributed by atoms with Crippen molar-refractivity contribution >= 4 is 22.6 Å². The van der Waals surface area contributed by atoms with E-state index in [0.29, 0.717) is 23.2 Å². The lowest BCUT2D eigenvalue weighted by Gasteiger charge is -2.15. The third-order valence-corrected chi connectivity index (χ3v) is 5.69. The first kappa shape index (κ1) is 22.3. The second kappa shape index (κ2) is 9.28. The Balaban J connectivity index is 1.96. The van der Waals surface area contributed by atoms with Crippen LogP contribution in [0.25, 0.3) is 16.7 Å². The number of hydrogen-bond acceptors (Lipinski definition) is 5. The van der Waals surface area contributed by atoms with Crippen LogP contribution >= 0.6 is 0 Å². The number of nitrogens with zero attached hydrogens (tertiary/aromatic N) is 3. The van der Waals surface area contributed by atoms with Crippen LogP contribution in [0.2, 0.25) is 0 Å². The highest BCUT2D eigenvalue weighted by Crippen LogP contribution is 2.16. The van der Waals surface area contributed by atoms with Crippen molar-refractivity contribution in [1.82, 2.24) is 19.3 Å². The van der Waals surface area contributed by atoms with Crippen LogP contribution in [0.4, 0.5) is 0 Å². The molecule has 3 heterocycles. The van der Waals surface area contributed by atoms with Crippen molar-refractivity contribution in [2.24, 2.45) is 0 Å². The van der Waals surface area contributed by atoms with E-state index in [1.165, 1.54) is 10.5 Å². The fourth-order valence-corrected chi connectivity index (χ4v) is 3.81. The summed E-state index contributed by atoms with van der Waals surface area (Å²) in [5.41, 5.74) is 2.53. The third-order valence-electron chi connectivity index (χ3n) is 5.69. The minimum Gasteiger partial charge on any atom is -0.497 e. The van der Waals surface area contributed by atoms with Gasteiger partial charge in [0.1, 0.15) is 22.5 Å². The predicted molar refractivity (Wildman–Crippen MR) is 127 cm³/mol. The molecule has 0 unspecified atom stereocenters. The van der Waals surface area contributed by atoms with Gasteiger partial charge in [-0.2, -0.15) is 0 Å². The van der Waals surface area contributed by atoms with Crippen LogP contribution in [0.5, 0.6) is 5.75 Å². The maximum atomic E-state index is 13.4. The van der Waals surface area contributed by atoms with Crippen molar-refractivity contribution in [3.05, 3.63) is 81.2 Å². The molecule has 33 heavy (non-hydrogen) atoms. The number of aryl methyl sites for hydroxylation is 1. The molecule has 170 valence electrons. The van der Waals surface area contributed by atoms with Crippen LogP contribution < -0.4 is 21.1 Å². The van der Waals surface area contributed by atoms with Crippen LogP contribution in [0.1, 0.15) is 41.3 Å². The van der Waals surface area contributed by atoms with E-state index in [9.17, 15) is 9.59 Å². The monoisotopic (exact) mass is 445 g/mol. The fourth-order valence-electron chi connectivity index (χ4n) is 3.81. The Morgan fingerprint density at radius 3 is 2.64 bits per heavy atom. The number of fused-ring (bicyclic) bond motifs is 2. The van der Waals surface area contributed by atoms with E-state index in [0.717, 1.165) is 29.7 Å². The second-order valence-corrected chi connectivity index (χ2v) is 7.99. The van der Waals surface area contributed by atoms with E-state index in [1.54, 1.807) is 23.9 Å². The zero-order chi connectivity index (χ0) is 23.5. The maximum absolute atomic E-state index is 13.4. The number of carbonyl (C=O) groups excluding carboxylic acids is 1. The summed E-state index contributed by atoms with van der Waals surface area (Å²) in [6.07, 6.45) is 3.45. The number of amides is 1. The smallest absolute Gasteiger partial charge is 0.267 e. The van der Waals surface area contributed by atoms with Crippen molar-refractivity contribution in [2.45, 2.75) is 33.2 Å². The molecule has 4 rings (SSSR count). The SMILES string of the molecule is CCCCNC(=O)c1cc2c(=O)n3cccc(C)c3nc2n(Cc2ccc(OC)cc2)c1=N.